The number of non-ortho nitro benzene ring substituents is 2. The molecule has 0 atom stereocenters. The van der Waals surface area contributed by atoms with Crippen LogP contribution in [0.3, 0.4) is 0 Å². The summed E-state index contributed by atoms with van der Waals surface area (Å²) >= 11 is 5.49. The smallest absolute Gasteiger partial charge is 0.870 e. The molecule has 2 aromatic carbocycles. The molecule has 0 heterocycles. The first kappa shape index (κ1) is 40.2. The first-order valence-electron chi connectivity index (χ1n) is 9.44. The number of rotatable bonds is 6. The molecular formula is C21H30ClN4NaO9. The van der Waals surface area contributed by atoms with Gasteiger partial charge in [-0.05, 0) is 43.3 Å². The van der Waals surface area contributed by atoms with Crippen molar-refractivity contribution >= 4 is 34.8 Å². The average molecular weight is 541 g/mol. The van der Waals surface area contributed by atoms with Crippen molar-refractivity contribution in [1.82, 2.24) is 0 Å². The molecule has 0 bridgehead atoms. The van der Waals surface area contributed by atoms with Gasteiger partial charge in [0.15, 0.2) is 5.75 Å². The molecule has 0 aromatic heterocycles. The summed E-state index contributed by atoms with van der Waals surface area (Å²) in [5.41, 5.74) is 0.0715. The van der Waals surface area contributed by atoms with Crippen molar-refractivity contribution in [2.75, 3.05) is 13.2 Å². The second-order valence-electron chi connectivity index (χ2n) is 5.67. The van der Waals surface area contributed by atoms with Crippen LogP contribution >= 0.6 is 11.6 Å². The van der Waals surface area contributed by atoms with Crippen molar-refractivity contribution in [3.05, 3.63) is 73.8 Å². The number of nitrogens with zero attached hydrogens (tertiary/aromatic N) is 4. The molecule has 0 saturated heterocycles. The number of nitro groups is 2. The van der Waals surface area contributed by atoms with Crippen molar-refractivity contribution in [3.63, 3.8) is 0 Å². The number of oxime groups is 2. The van der Waals surface area contributed by atoms with Crippen LogP contribution in [0.4, 0.5) is 11.4 Å². The maximum Gasteiger partial charge on any atom is 1.00 e. The summed E-state index contributed by atoms with van der Waals surface area (Å²) in [4.78, 5) is 24.5. The third-order valence-electron chi connectivity index (χ3n) is 3.21. The Morgan fingerprint density at radius 2 is 1.28 bits per heavy atom. The quantitative estimate of drug-likeness (QED) is 0.143. The molecule has 0 spiro atoms. The second kappa shape index (κ2) is 23.8. The maximum atomic E-state index is 10.4. The summed E-state index contributed by atoms with van der Waals surface area (Å²) in [5.74, 6) is 1.13. The van der Waals surface area contributed by atoms with E-state index in [2.05, 4.69) is 10.3 Å². The van der Waals surface area contributed by atoms with E-state index in [4.69, 9.17) is 31.1 Å². The second-order valence-corrected chi connectivity index (χ2v) is 6.11. The van der Waals surface area contributed by atoms with E-state index in [-0.39, 0.29) is 53.8 Å². The molecular weight excluding hydrogens is 511 g/mol. The fraction of sp³-hybridized carbons (Fsp3) is 0.333. The van der Waals surface area contributed by atoms with Crippen LogP contribution in [-0.2, 0) is 9.47 Å². The number of hydrogen-bond donors (Lipinski definition) is 1. The van der Waals surface area contributed by atoms with E-state index in [1.165, 1.54) is 48.5 Å². The van der Waals surface area contributed by atoms with E-state index < -0.39 is 9.85 Å². The molecule has 13 nitrogen and oxygen atoms in total. The summed E-state index contributed by atoms with van der Waals surface area (Å²) in [6.07, 6.45) is 0. The molecule has 0 amide bonds. The molecule has 0 fully saturated rings. The molecule has 2 aromatic rings. The molecule has 2 N–H and O–H groups in total. The zero-order valence-corrected chi connectivity index (χ0v) is 22.7. The zero-order chi connectivity index (χ0) is 25.2. The van der Waals surface area contributed by atoms with Crippen LogP contribution in [0.15, 0.2) is 58.8 Å². The summed E-state index contributed by atoms with van der Waals surface area (Å²) in [6.45, 7) is 7.98. The Balaban J connectivity index is -0.000000223. The Morgan fingerprint density at radius 1 is 0.889 bits per heavy atom. The third kappa shape index (κ3) is 19.3. The van der Waals surface area contributed by atoms with Crippen LogP contribution in [0.1, 0.15) is 35.1 Å². The van der Waals surface area contributed by atoms with Gasteiger partial charge in [-0.1, -0.05) is 24.2 Å². The third-order valence-corrected chi connectivity index (χ3v) is 3.46. The van der Waals surface area contributed by atoms with Gasteiger partial charge in [0, 0.05) is 43.1 Å². The van der Waals surface area contributed by atoms with Crippen LogP contribution in [0.25, 0.3) is 0 Å². The Kier molecular flexibility index (Phi) is 26.5. The van der Waals surface area contributed by atoms with Gasteiger partial charge in [0.05, 0.1) is 23.1 Å². The van der Waals surface area contributed by atoms with Crippen LogP contribution in [-0.4, -0.2) is 45.5 Å². The standard InChI is InChI=1S/C10H12N2O4.C6H4ClNO2.C4H9NO2.CH4.Na.H2O/c1-3-15-8(2)11-16-10-6-4-9(5-7-10)12(13)14;7-5-1-3-6(4-2-5)8(9)10;1-3-7-4(2)5-6;;;/h4-7H,3H2,1-2H3;1-4H;6H,3H2,1-2H3;1H4;;1H2/q;;;;+1;/p-1. The molecule has 0 unspecified atom stereocenters. The largest absolute Gasteiger partial charge is 1.00 e. The van der Waals surface area contributed by atoms with E-state index in [9.17, 15) is 20.2 Å². The van der Waals surface area contributed by atoms with E-state index in [0.717, 1.165) is 0 Å². The van der Waals surface area contributed by atoms with E-state index in [1.54, 1.807) is 13.8 Å². The van der Waals surface area contributed by atoms with Crippen molar-refractivity contribution in [2.45, 2.75) is 35.1 Å². The van der Waals surface area contributed by atoms with Gasteiger partial charge < -0.3 is 25.0 Å². The minimum atomic E-state index is -0.474. The SMILES string of the molecule is C.CCOC(C)=NO.CCOC(C)=NOc1ccc([N+](=O)[O-])cc1.O=[N+]([O-])c1ccc(Cl)cc1.[Na+].[OH-]. The Bertz CT molecular complexity index is 928. The normalized spacial score (nSPS) is 9.69. The molecule has 15 heteroatoms. The number of hydrogen-bond acceptors (Lipinski definition) is 11. The molecule has 196 valence electrons. The van der Waals surface area contributed by atoms with Crippen LogP contribution in [0.5, 0.6) is 5.75 Å². The first-order chi connectivity index (χ1) is 15.6. The first-order valence-corrected chi connectivity index (χ1v) is 9.82. The van der Waals surface area contributed by atoms with Gasteiger partial charge in [0.2, 0.25) is 11.8 Å². The molecule has 0 aliphatic heterocycles. The maximum absolute atomic E-state index is 10.4. The fourth-order valence-electron chi connectivity index (χ4n) is 1.78. The van der Waals surface area contributed by atoms with Gasteiger partial charge in [0.25, 0.3) is 11.4 Å². The Hall–Kier alpha value is -2.97. The summed E-state index contributed by atoms with van der Waals surface area (Å²) in [6, 6.07) is 11.3. The van der Waals surface area contributed by atoms with Crippen molar-refractivity contribution in [3.8, 4) is 5.75 Å². The predicted molar refractivity (Wildman–Crippen MR) is 132 cm³/mol. The van der Waals surface area contributed by atoms with E-state index in [1.807, 2.05) is 13.8 Å². The van der Waals surface area contributed by atoms with Crippen LogP contribution in [0.2, 0.25) is 5.02 Å². The monoisotopic (exact) mass is 540 g/mol. The topological polar surface area (TPSA) is 189 Å². The molecule has 0 aliphatic carbocycles. The Morgan fingerprint density at radius 3 is 1.61 bits per heavy atom. The average Bonchev–Trinajstić information content (AvgIpc) is 2.79. The van der Waals surface area contributed by atoms with Crippen LogP contribution < -0.4 is 34.4 Å². The summed E-state index contributed by atoms with van der Waals surface area (Å²) in [5, 5.41) is 35.3. The number of ether oxygens (including phenoxy) is 2. The minimum Gasteiger partial charge on any atom is -0.870 e. The molecule has 2 rings (SSSR count). The number of benzene rings is 2. The molecule has 0 aliphatic rings. The predicted octanol–water partition coefficient (Wildman–Crippen LogP) is 2.89. The van der Waals surface area contributed by atoms with E-state index in [0.29, 0.717) is 35.8 Å². The van der Waals surface area contributed by atoms with Gasteiger partial charge in [-0.15, -0.1) is 0 Å². The van der Waals surface area contributed by atoms with Gasteiger partial charge in [-0.25, -0.2) is 0 Å². The van der Waals surface area contributed by atoms with Gasteiger partial charge >= 0.3 is 29.6 Å². The zero-order valence-electron chi connectivity index (χ0n) is 20.0. The molecule has 0 saturated carbocycles. The van der Waals surface area contributed by atoms with Crippen LogP contribution in [0, 0.1) is 20.2 Å². The van der Waals surface area contributed by atoms with Crippen molar-refractivity contribution in [1.29, 1.82) is 0 Å². The van der Waals surface area contributed by atoms with Crippen molar-refractivity contribution in [2.24, 2.45) is 10.3 Å². The van der Waals surface area contributed by atoms with Crippen molar-refractivity contribution < 1.29 is 64.4 Å². The minimum absolute atomic E-state index is 0. The summed E-state index contributed by atoms with van der Waals surface area (Å²) < 4.78 is 9.73. The molecule has 36 heavy (non-hydrogen) atoms. The Labute approximate surface area is 236 Å². The molecule has 0 radical (unpaired) electrons. The number of halogens is 1. The van der Waals surface area contributed by atoms with Gasteiger partial charge in [-0.2, -0.15) is 0 Å². The summed E-state index contributed by atoms with van der Waals surface area (Å²) in [7, 11) is 0. The van der Waals surface area contributed by atoms with E-state index >= 15 is 0 Å². The fourth-order valence-corrected chi connectivity index (χ4v) is 1.91. The van der Waals surface area contributed by atoms with Gasteiger partial charge in [-0.3, -0.25) is 20.2 Å². The number of nitro benzene ring substituents is 2. The van der Waals surface area contributed by atoms with Gasteiger partial charge in [0.1, 0.15) is 0 Å².